The number of rotatable bonds is 8. The zero-order chi connectivity index (χ0) is 25.6. The van der Waals surface area contributed by atoms with Gasteiger partial charge in [-0.3, -0.25) is 4.79 Å². The minimum atomic E-state index is -0.894. The summed E-state index contributed by atoms with van der Waals surface area (Å²) in [4.78, 5) is 26.1. The molecule has 0 radical (unpaired) electrons. The van der Waals surface area contributed by atoms with E-state index >= 15 is 0 Å². The number of nitrogens with one attached hydrogen (secondary N) is 2. The van der Waals surface area contributed by atoms with E-state index in [9.17, 15) is 9.59 Å². The van der Waals surface area contributed by atoms with Crippen LogP contribution in [0.1, 0.15) is 39.8 Å². The van der Waals surface area contributed by atoms with Gasteiger partial charge in [-0.15, -0.1) is 0 Å². The first-order valence-electron chi connectivity index (χ1n) is 12.4. The van der Waals surface area contributed by atoms with Crippen molar-refractivity contribution in [3.05, 3.63) is 131 Å². The summed E-state index contributed by atoms with van der Waals surface area (Å²) in [6, 6.07) is 32.3. The Balaban J connectivity index is 1.27. The fourth-order valence-corrected chi connectivity index (χ4v) is 4.86. The molecule has 6 nitrogen and oxygen atoms in total. The number of benzene rings is 4. The Bertz CT molecular complexity index is 1360. The molecule has 1 aliphatic carbocycles. The molecule has 0 unspecified atom stereocenters. The Hall–Kier alpha value is -4.42. The summed E-state index contributed by atoms with van der Waals surface area (Å²) in [5.41, 5.74) is 12.9. The molecule has 2 amide bonds. The van der Waals surface area contributed by atoms with Gasteiger partial charge in [0.15, 0.2) is 0 Å². The number of nitrogens with two attached hydrogens (primary N) is 1. The van der Waals surface area contributed by atoms with E-state index in [0.29, 0.717) is 18.7 Å². The maximum atomic E-state index is 13.2. The summed E-state index contributed by atoms with van der Waals surface area (Å²) in [7, 11) is 0. The zero-order valence-corrected chi connectivity index (χ0v) is 20.4. The third-order valence-corrected chi connectivity index (χ3v) is 6.69. The van der Waals surface area contributed by atoms with Gasteiger partial charge < -0.3 is 21.1 Å². The highest BCUT2D eigenvalue weighted by molar-refractivity contribution is 5.87. The average Bonchev–Trinajstić information content (AvgIpc) is 3.27. The summed E-state index contributed by atoms with van der Waals surface area (Å²) in [5.74, 6) is -0.380. The molecule has 0 fully saturated rings. The monoisotopic (exact) mass is 491 g/mol. The second kappa shape index (κ2) is 11.1. The largest absolute Gasteiger partial charge is 0.449 e. The van der Waals surface area contributed by atoms with Gasteiger partial charge in [0.1, 0.15) is 12.6 Å². The van der Waals surface area contributed by atoms with Gasteiger partial charge in [0, 0.05) is 19.0 Å². The molecule has 0 saturated carbocycles. The Labute approximate surface area is 216 Å². The minimum absolute atomic E-state index is 0.0584. The Morgan fingerprint density at radius 3 is 2.08 bits per heavy atom. The number of alkyl carbamates (subject to hydrolysis) is 1. The van der Waals surface area contributed by atoms with Crippen LogP contribution < -0.4 is 16.4 Å². The summed E-state index contributed by atoms with van der Waals surface area (Å²) < 4.78 is 5.69. The lowest BCUT2D eigenvalue weighted by Crippen LogP contribution is -2.40. The third kappa shape index (κ3) is 5.39. The van der Waals surface area contributed by atoms with Crippen LogP contribution in [0.3, 0.4) is 0 Å². The van der Waals surface area contributed by atoms with Gasteiger partial charge in [-0.2, -0.15) is 0 Å². The van der Waals surface area contributed by atoms with Crippen LogP contribution in [0, 0.1) is 0 Å². The molecule has 0 heterocycles. The molecule has 0 aromatic heterocycles. The summed E-state index contributed by atoms with van der Waals surface area (Å²) in [6.07, 6.45) is -0.643. The van der Waals surface area contributed by atoms with E-state index in [0.717, 1.165) is 33.4 Å². The lowest BCUT2D eigenvalue weighted by molar-refractivity contribution is -0.123. The van der Waals surface area contributed by atoms with E-state index in [1.807, 2.05) is 78.9 Å². The van der Waals surface area contributed by atoms with Crippen LogP contribution in [0.5, 0.6) is 0 Å². The number of hydrogen-bond donors (Lipinski definition) is 3. The fraction of sp³-hybridized carbons (Fsp3) is 0.161. The van der Waals surface area contributed by atoms with Gasteiger partial charge in [0.25, 0.3) is 0 Å². The predicted octanol–water partition coefficient (Wildman–Crippen LogP) is 5.04. The van der Waals surface area contributed by atoms with Crippen LogP contribution in [-0.2, 0) is 22.6 Å². The van der Waals surface area contributed by atoms with Crippen molar-refractivity contribution in [1.29, 1.82) is 0 Å². The fourth-order valence-electron chi connectivity index (χ4n) is 4.86. The summed E-state index contributed by atoms with van der Waals surface area (Å²) >= 11 is 0. The molecule has 0 aliphatic heterocycles. The zero-order valence-electron chi connectivity index (χ0n) is 20.4. The lowest BCUT2D eigenvalue weighted by atomic mass is 9.98. The summed E-state index contributed by atoms with van der Waals surface area (Å²) in [6.45, 7) is 0.926. The van der Waals surface area contributed by atoms with Crippen LogP contribution in [0.15, 0.2) is 103 Å². The molecule has 37 heavy (non-hydrogen) atoms. The molecular formula is C31H29N3O3. The number of fused-ring (bicyclic) bond motifs is 3. The first-order chi connectivity index (χ1) is 18.1. The third-order valence-electron chi connectivity index (χ3n) is 6.69. The van der Waals surface area contributed by atoms with E-state index in [4.69, 9.17) is 10.5 Å². The highest BCUT2D eigenvalue weighted by atomic mass is 16.5. The second-order valence-electron chi connectivity index (χ2n) is 9.06. The maximum Gasteiger partial charge on any atom is 0.408 e. The van der Waals surface area contributed by atoms with E-state index < -0.39 is 12.1 Å². The number of carbonyl (C=O) groups excluding carboxylic acids is 2. The number of hydrogen-bond acceptors (Lipinski definition) is 4. The van der Waals surface area contributed by atoms with Crippen LogP contribution >= 0.6 is 0 Å². The minimum Gasteiger partial charge on any atom is -0.449 e. The van der Waals surface area contributed by atoms with E-state index in [1.54, 1.807) is 0 Å². The number of carbonyl (C=O) groups is 2. The molecule has 5 rings (SSSR count). The first-order valence-corrected chi connectivity index (χ1v) is 12.4. The van der Waals surface area contributed by atoms with Gasteiger partial charge in [0.05, 0.1) is 0 Å². The highest BCUT2D eigenvalue weighted by Crippen LogP contribution is 2.44. The first kappa shape index (κ1) is 24.3. The van der Waals surface area contributed by atoms with E-state index in [-0.39, 0.29) is 18.4 Å². The van der Waals surface area contributed by atoms with Crippen molar-refractivity contribution < 1.29 is 14.3 Å². The highest BCUT2D eigenvalue weighted by Gasteiger charge is 2.30. The van der Waals surface area contributed by atoms with Crippen molar-refractivity contribution in [2.24, 2.45) is 5.73 Å². The molecule has 0 bridgehead atoms. The van der Waals surface area contributed by atoms with Crippen LogP contribution in [0.4, 0.5) is 4.79 Å². The van der Waals surface area contributed by atoms with Crippen molar-refractivity contribution in [2.75, 3.05) is 6.61 Å². The molecule has 0 spiro atoms. The van der Waals surface area contributed by atoms with Crippen LogP contribution in [0.2, 0.25) is 0 Å². The number of amides is 2. The normalized spacial score (nSPS) is 12.8. The maximum absolute atomic E-state index is 13.2. The smallest absolute Gasteiger partial charge is 0.408 e. The van der Waals surface area contributed by atoms with Crippen molar-refractivity contribution in [3.63, 3.8) is 0 Å². The molecule has 1 aliphatic rings. The number of ether oxygens (including phenoxy) is 1. The van der Waals surface area contributed by atoms with Gasteiger partial charge in [-0.05, 0) is 38.9 Å². The molecule has 6 heteroatoms. The van der Waals surface area contributed by atoms with Crippen molar-refractivity contribution in [3.8, 4) is 11.1 Å². The molecule has 4 N–H and O–H groups in total. The summed E-state index contributed by atoms with van der Waals surface area (Å²) in [5, 5.41) is 5.70. The van der Waals surface area contributed by atoms with E-state index in [2.05, 4.69) is 34.9 Å². The Morgan fingerprint density at radius 1 is 0.784 bits per heavy atom. The average molecular weight is 492 g/mol. The lowest BCUT2D eigenvalue weighted by Gasteiger charge is -2.20. The Morgan fingerprint density at radius 2 is 1.41 bits per heavy atom. The van der Waals surface area contributed by atoms with Gasteiger partial charge in [0.2, 0.25) is 5.91 Å². The van der Waals surface area contributed by atoms with Crippen LogP contribution in [0.25, 0.3) is 11.1 Å². The standard InChI is InChI=1S/C31H29N3O3/c32-18-21-9-8-10-22(17-21)19-33-30(35)29(23-11-2-1-3-12-23)34-31(36)37-20-28-26-15-6-4-13-24(26)25-14-5-7-16-27(25)28/h1-17,28-29H,18-20,32H2,(H,33,35)(H,34,36)/t29-/m0/s1. The van der Waals surface area contributed by atoms with Crippen molar-refractivity contribution in [2.45, 2.75) is 25.0 Å². The van der Waals surface area contributed by atoms with Gasteiger partial charge >= 0.3 is 6.09 Å². The van der Waals surface area contributed by atoms with E-state index in [1.165, 1.54) is 0 Å². The van der Waals surface area contributed by atoms with Gasteiger partial charge in [-0.25, -0.2) is 4.79 Å². The molecule has 4 aromatic carbocycles. The molecule has 186 valence electrons. The molecule has 4 aromatic rings. The molecule has 0 saturated heterocycles. The SMILES string of the molecule is NCc1cccc(CNC(=O)[C@@H](NC(=O)OCC2c3ccccc3-c3ccccc32)c2ccccc2)c1. The second-order valence-corrected chi connectivity index (χ2v) is 9.06. The molecule has 1 atom stereocenters. The van der Waals surface area contributed by atoms with Gasteiger partial charge in [-0.1, -0.05) is 103 Å². The van der Waals surface area contributed by atoms with Crippen molar-refractivity contribution in [1.82, 2.24) is 10.6 Å². The Kier molecular flexibility index (Phi) is 7.28. The molecular weight excluding hydrogens is 462 g/mol. The topological polar surface area (TPSA) is 93.5 Å². The quantitative estimate of drug-likeness (QED) is 0.322. The van der Waals surface area contributed by atoms with Crippen molar-refractivity contribution >= 4 is 12.0 Å². The predicted molar refractivity (Wildman–Crippen MR) is 144 cm³/mol. The van der Waals surface area contributed by atoms with Crippen LogP contribution in [-0.4, -0.2) is 18.6 Å².